The fraction of sp³-hybridized carbons (Fsp3) is 0.0952. The van der Waals surface area contributed by atoms with Crippen LogP contribution in [0.3, 0.4) is 0 Å². The Balaban J connectivity index is 1.60. The molecular weight excluding hydrogens is 377 g/mol. The number of rotatable bonds is 5. The number of hydrogen-bond acceptors (Lipinski definition) is 5. The first-order chi connectivity index (χ1) is 13.6. The minimum atomic E-state index is -0.300. The molecule has 0 saturated heterocycles. The SMILES string of the molecule is CN(C(=O)COc1ncnc2scc(-c3ccc(F)cc3)c12)c1ccccc1. The second-order valence-electron chi connectivity index (χ2n) is 6.09. The first-order valence-electron chi connectivity index (χ1n) is 8.56. The van der Waals surface area contributed by atoms with Crippen LogP contribution < -0.4 is 9.64 Å². The van der Waals surface area contributed by atoms with Crippen molar-refractivity contribution in [3.63, 3.8) is 0 Å². The highest BCUT2D eigenvalue weighted by atomic mass is 32.1. The van der Waals surface area contributed by atoms with Crippen molar-refractivity contribution in [2.75, 3.05) is 18.6 Å². The number of halogens is 1. The van der Waals surface area contributed by atoms with E-state index in [-0.39, 0.29) is 18.3 Å². The van der Waals surface area contributed by atoms with Crippen LogP contribution in [0.2, 0.25) is 0 Å². The lowest BCUT2D eigenvalue weighted by molar-refractivity contribution is -0.120. The lowest BCUT2D eigenvalue weighted by Gasteiger charge is -2.17. The average molecular weight is 393 g/mol. The van der Waals surface area contributed by atoms with Crippen LogP contribution >= 0.6 is 11.3 Å². The second kappa shape index (κ2) is 7.74. The number of nitrogens with zero attached hydrogens (tertiary/aromatic N) is 3. The molecule has 0 atom stereocenters. The van der Waals surface area contributed by atoms with Crippen molar-refractivity contribution in [3.8, 4) is 17.0 Å². The van der Waals surface area contributed by atoms with Crippen LogP contribution in [0.25, 0.3) is 21.3 Å². The number of amides is 1. The molecule has 140 valence electrons. The average Bonchev–Trinajstić information content (AvgIpc) is 3.17. The highest BCUT2D eigenvalue weighted by molar-refractivity contribution is 7.17. The van der Waals surface area contributed by atoms with Crippen molar-refractivity contribution >= 4 is 33.1 Å². The van der Waals surface area contributed by atoms with Crippen LogP contribution in [0.4, 0.5) is 10.1 Å². The largest absolute Gasteiger partial charge is 0.467 e. The Morgan fingerprint density at radius 1 is 1.11 bits per heavy atom. The maximum absolute atomic E-state index is 13.3. The molecule has 2 aromatic heterocycles. The van der Waals surface area contributed by atoms with Crippen molar-refractivity contribution in [3.05, 3.63) is 72.1 Å². The van der Waals surface area contributed by atoms with Gasteiger partial charge >= 0.3 is 0 Å². The van der Waals surface area contributed by atoms with Gasteiger partial charge in [0.05, 0.1) is 5.39 Å². The highest BCUT2D eigenvalue weighted by Gasteiger charge is 2.17. The monoisotopic (exact) mass is 393 g/mol. The number of para-hydroxylation sites is 1. The van der Waals surface area contributed by atoms with Gasteiger partial charge in [-0.25, -0.2) is 14.4 Å². The van der Waals surface area contributed by atoms with E-state index in [1.54, 1.807) is 19.2 Å². The van der Waals surface area contributed by atoms with E-state index in [1.165, 1.54) is 34.7 Å². The number of anilines is 1. The molecule has 1 amide bonds. The molecule has 4 rings (SSSR count). The molecule has 0 unspecified atom stereocenters. The molecule has 0 radical (unpaired) electrons. The Morgan fingerprint density at radius 2 is 1.86 bits per heavy atom. The van der Waals surface area contributed by atoms with Crippen LogP contribution in [0.1, 0.15) is 0 Å². The molecule has 0 N–H and O–H groups in total. The van der Waals surface area contributed by atoms with Crippen LogP contribution in [0, 0.1) is 5.82 Å². The molecule has 0 fully saturated rings. The van der Waals surface area contributed by atoms with Gasteiger partial charge in [0.15, 0.2) is 6.61 Å². The molecule has 0 aliphatic rings. The van der Waals surface area contributed by atoms with Crippen LogP contribution in [0.5, 0.6) is 5.88 Å². The number of thiophene rings is 1. The van der Waals surface area contributed by atoms with Gasteiger partial charge in [-0.1, -0.05) is 30.3 Å². The molecule has 0 bridgehead atoms. The molecule has 28 heavy (non-hydrogen) atoms. The summed E-state index contributed by atoms with van der Waals surface area (Å²) in [7, 11) is 1.70. The fourth-order valence-electron chi connectivity index (χ4n) is 2.82. The molecule has 7 heteroatoms. The molecule has 4 aromatic rings. The highest BCUT2D eigenvalue weighted by Crippen LogP contribution is 2.37. The lowest BCUT2D eigenvalue weighted by Crippen LogP contribution is -2.31. The number of carbonyl (C=O) groups excluding carboxylic acids is 1. The summed E-state index contributed by atoms with van der Waals surface area (Å²) in [6, 6.07) is 15.5. The molecular formula is C21H16FN3O2S. The summed E-state index contributed by atoms with van der Waals surface area (Å²) >= 11 is 1.44. The van der Waals surface area contributed by atoms with E-state index in [4.69, 9.17) is 4.74 Å². The van der Waals surface area contributed by atoms with Gasteiger partial charge in [-0.2, -0.15) is 0 Å². The first kappa shape index (κ1) is 18.1. The summed E-state index contributed by atoms with van der Waals surface area (Å²) in [6.07, 6.45) is 1.41. The van der Waals surface area contributed by atoms with Crippen LogP contribution in [-0.2, 0) is 4.79 Å². The quantitative estimate of drug-likeness (QED) is 0.500. The summed E-state index contributed by atoms with van der Waals surface area (Å²) in [5.74, 6) is -0.164. The maximum Gasteiger partial charge on any atom is 0.264 e. The van der Waals surface area contributed by atoms with Crippen molar-refractivity contribution in [2.45, 2.75) is 0 Å². The van der Waals surface area contributed by atoms with Crippen molar-refractivity contribution in [1.82, 2.24) is 9.97 Å². The number of hydrogen-bond donors (Lipinski definition) is 0. The van der Waals surface area contributed by atoms with Gasteiger partial charge in [-0.3, -0.25) is 4.79 Å². The number of carbonyl (C=O) groups is 1. The molecule has 0 saturated carbocycles. The third kappa shape index (κ3) is 3.57. The third-order valence-electron chi connectivity index (χ3n) is 4.34. The van der Waals surface area contributed by atoms with Crippen molar-refractivity contribution < 1.29 is 13.9 Å². The summed E-state index contributed by atoms with van der Waals surface area (Å²) < 4.78 is 19.0. The van der Waals surface area contributed by atoms with E-state index in [9.17, 15) is 9.18 Å². The molecule has 5 nitrogen and oxygen atoms in total. The van der Waals surface area contributed by atoms with Crippen LogP contribution in [0.15, 0.2) is 66.3 Å². The fourth-order valence-corrected chi connectivity index (χ4v) is 3.73. The molecule has 0 aliphatic heterocycles. The van der Waals surface area contributed by atoms with Gasteiger partial charge in [0.2, 0.25) is 5.88 Å². The summed E-state index contributed by atoms with van der Waals surface area (Å²) in [5, 5.41) is 2.64. The number of benzene rings is 2. The van der Waals surface area contributed by atoms with Crippen molar-refractivity contribution in [1.29, 1.82) is 0 Å². The zero-order chi connectivity index (χ0) is 19.5. The predicted octanol–water partition coefficient (Wildman–Crippen LogP) is 4.54. The van der Waals surface area contributed by atoms with E-state index >= 15 is 0 Å². The van der Waals surface area contributed by atoms with Gasteiger partial charge < -0.3 is 9.64 Å². The number of fused-ring (bicyclic) bond motifs is 1. The Kier molecular flexibility index (Phi) is 4.99. The Labute approximate surface area is 165 Å². The smallest absolute Gasteiger partial charge is 0.264 e. The first-order valence-corrected chi connectivity index (χ1v) is 9.44. The Bertz CT molecular complexity index is 1110. The Morgan fingerprint density at radius 3 is 2.61 bits per heavy atom. The molecule has 2 aromatic carbocycles. The minimum Gasteiger partial charge on any atom is -0.467 e. The third-order valence-corrected chi connectivity index (χ3v) is 5.23. The molecule has 2 heterocycles. The van der Waals surface area contributed by atoms with Gasteiger partial charge in [0.25, 0.3) is 5.91 Å². The summed E-state index contributed by atoms with van der Waals surface area (Å²) in [5.41, 5.74) is 2.46. The summed E-state index contributed by atoms with van der Waals surface area (Å²) in [6.45, 7) is -0.157. The van der Waals surface area contributed by atoms with Gasteiger partial charge in [-0.15, -0.1) is 11.3 Å². The van der Waals surface area contributed by atoms with E-state index < -0.39 is 0 Å². The second-order valence-corrected chi connectivity index (χ2v) is 6.95. The van der Waals surface area contributed by atoms with Gasteiger partial charge in [0, 0.05) is 23.7 Å². The molecule has 0 aliphatic carbocycles. The lowest BCUT2D eigenvalue weighted by atomic mass is 10.1. The number of ether oxygens (including phenoxy) is 1. The van der Waals surface area contributed by atoms with Crippen LogP contribution in [-0.4, -0.2) is 29.5 Å². The van der Waals surface area contributed by atoms with Gasteiger partial charge in [-0.05, 0) is 29.8 Å². The van der Waals surface area contributed by atoms with Gasteiger partial charge in [0.1, 0.15) is 17.0 Å². The number of likely N-dealkylation sites (N-methyl/N-ethyl adjacent to an activating group) is 1. The van der Waals surface area contributed by atoms with E-state index in [1.807, 2.05) is 35.7 Å². The maximum atomic E-state index is 13.3. The standard InChI is InChI=1S/C21H16FN3O2S/c1-25(16-5-3-2-4-6-16)18(26)11-27-20-19-17(12-28-21(19)24-13-23-20)14-7-9-15(22)10-8-14/h2-10,12-13H,11H2,1H3. The molecule has 0 spiro atoms. The predicted molar refractivity (Wildman–Crippen MR) is 108 cm³/mol. The van der Waals surface area contributed by atoms with E-state index in [2.05, 4.69) is 9.97 Å². The normalized spacial score (nSPS) is 10.8. The zero-order valence-corrected chi connectivity index (χ0v) is 15.8. The number of aromatic nitrogens is 2. The zero-order valence-electron chi connectivity index (χ0n) is 15.0. The topological polar surface area (TPSA) is 55.3 Å². The van der Waals surface area contributed by atoms with E-state index in [0.29, 0.717) is 11.3 Å². The van der Waals surface area contributed by atoms with E-state index in [0.717, 1.165) is 21.6 Å². The van der Waals surface area contributed by atoms with Crippen molar-refractivity contribution in [2.24, 2.45) is 0 Å². The summed E-state index contributed by atoms with van der Waals surface area (Å²) in [4.78, 5) is 23.3. The Hall–Kier alpha value is -3.32. The minimum absolute atomic E-state index is 0.157.